The fourth-order valence-corrected chi connectivity index (χ4v) is 3.13. The van der Waals surface area contributed by atoms with Gasteiger partial charge in [0.2, 0.25) is 0 Å². The number of hydrogen-bond donors (Lipinski definition) is 0. The summed E-state index contributed by atoms with van der Waals surface area (Å²) in [6.45, 7) is 0.350. The molecule has 0 aliphatic heterocycles. The molecule has 0 saturated carbocycles. The second kappa shape index (κ2) is 5.58. The predicted molar refractivity (Wildman–Crippen MR) is 81.1 cm³/mol. The first kappa shape index (κ1) is 15.6. The summed E-state index contributed by atoms with van der Waals surface area (Å²) in [6.07, 6.45) is -0.410. The molecule has 0 fully saturated rings. The van der Waals surface area contributed by atoms with Gasteiger partial charge in [0.1, 0.15) is 11.3 Å². The fraction of sp³-hybridized carbons (Fsp3) is 0.235. The predicted octanol–water partition coefficient (Wildman–Crippen LogP) is 3.52. The SMILES string of the molecule is O=Cc1oc2c(c1C(F)(F)F)-c1nn(Cc3ccccn3)cc1CC2. The lowest BCUT2D eigenvalue weighted by molar-refractivity contribution is -0.137. The highest BCUT2D eigenvalue weighted by atomic mass is 19.4. The van der Waals surface area contributed by atoms with E-state index in [2.05, 4.69) is 10.1 Å². The van der Waals surface area contributed by atoms with E-state index in [1.807, 2.05) is 12.1 Å². The van der Waals surface area contributed by atoms with Crippen LogP contribution in [-0.4, -0.2) is 21.1 Å². The molecule has 0 bridgehead atoms. The lowest BCUT2D eigenvalue weighted by atomic mass is 9.93. The second-order valence-electron chi connectivity index (χ2n) is 5.78. The number of fused-ring (bicyclic) bond motifs is 3. The Bertz CT molecular complexity index is 942. The van der Waals surface area contributed by atoms with Gasteiger partial charge in [0.05, 0.1) is 23.5 Å². The maximum absolute atomic E-state index is 13.4. The Labute approximate surface area is 140 Å². The van der Waals surface area contributed by atoms with Crippen molar-refractivity contribution in [1.29, 1.82) is 0 Å². The molecule has 5 nitrogen and oxygen atoms in total. The van der Waals surface area contributed by atoms with Crippen molar-refractivity contribution < 1.29 is 22.4 Å². The third-order valence-corrected chi connectivity index (χ3v) is 4.14. The molecular weight excluding hydrogens is 335 g/mol. The van der Waals surface area contributed by atoms with E-state index in [4.69, 9.17) is 4.42 Å². The van der Waals surface area contributed by atoms with Gasteiger partial charge in [-0.3, -0.25) is 14.5 Å². The van der Waals surface area contributed by atoms with E-state index in [1.54, 1.807) is 23.1 Å². The van der Waals surface area contributed by atoms with Gasteiger partial charge in [0.25, 0.3) is 0 Å². The number of aldehydes is 1. The first-order valence-electron chi connectivity index (χ1n) is 7.62. The largest absolute Gasteiger partial charge is 0.457 e. The van der Waals surface area contributed by atoms with Crippen molar-refractivity contribution in [3.8, 4) is 11.3 Å². The molecule has 0 aromatic carbocycles. The summed E-state index contributed by atoms with van der Waals surface area (Å²) in [5, 5.41) is 4.31. The van der Waals surface area contributed by atoms with Gasteiger partial charge in [-0.25, -0.2) is 0 Å². The Hall–Kier alpha value is -2.90. The molecule has 0 saturated heterocycles. The number of aromatic nitrogens is 3. The Balaban J connectivity index is 1.81. The molecule has 8 heteroatoms. The number of carbonyl (C=O) groups is 1. The molecule has 3 heterocycles. The van der Waals surface area contributed by atoms with E-state index in [9.17, 15) is 18.0 Å². The van der Waals surface area contributed by atoms with Gasteiger partial charge in [-0.15, -0.1) is 0 Å². The average molecular weight is 347 g/mol. The Morgan fingerprint density at radius 2 is 2.12 bits per heavy atom. The highest BCUT2D eigenvalue weighted by molar-refractivity contribution is 5.82. The molecule has 1 aliphatic carbocycles. The summed E-state index contributed by atoms with van der Waals surface area (Å²) < 4.78 is 47.0. The molecule has 128 valence electrons. The van der Waals surface area contributed by atoms with Crippen LogP contribution < -0.4 is 0 Å². The van der Waals surface area contributed by atoms with Gasteiger partial charge in [-0.05, 0) is 24.1 Å². The smallest absolute Gasteiger partial charge is 0.420 e. The number of carbonyl (C=O) groups excluding carboxylic acids is 1. The summed E-state index contributed by atoms with van der Waals surface area (Å²) in [7, 11) is 0. The zero-order valence-corrected chi connectivity index (χ0v) is 12.9. The van der Waals surface area contributed by atoms with Crippen LogP contribution in [-0.2, 0) is 25.6 Å². The van der Waals surface area contributed by atoms with Crippen LogP contribution in [0.5, 0.6) is 0 Å². The van der Waals surface area contributed by atoms with Crippen LogP contribution in [0.25, 0.3) is 11.3 Å². The van der Waals surface area contributed by atoms with Crippen LogP contribution in [0.1, 0.15) is 33.1 Å². The van der Waals surface area contributed by atoms with Crippen molar-refractivity contribution in [1.82, 2.24) is 14.8 Å². The molecule has 3 aromatic rings. The molecule has 1 aliphatic rings. The Kier molecular flexibility index (Phi) is 3.48. The molecule has 0 atom stereocenters. The van der Waals surface area contributed by atoms with E-state index < -0.39 is 17.5 Å². The van der Waals surface area contributed by atoms with E-state index in [-0.39, 0.29) is 23.3 Å². The van der Waals surface area contributed by atoms with Crippen LogP contribution in [0, 0.1) is 0 Å². The lowest BCUT2D eigenvalue weighted by Gasteiger charge is -2.12. The molecule has 0 amide bonds. The standard InChI is InChI=1S/C17H12F3N3O2/c18-17(19,20)15-13(9-24)25-12-5-4-10-7-23(22-16(10)14(12)15)8-11-3-1-2-6-21-11/h1-3,6-7,9H,4-5,8H2. The minimum Gasteiger partial charge on any atom is -0.457 e. The van der Waals surface area contributed by atoms with Crippen LogP contribution >= 0.6 is 0 Å². The van der Waals surface area contributed by atoms with Crippen molar-refractivity contribution in [2.45, 2.75) is 25.6 Å². The average Bonchev–Trinajstić information content (AvgIpc) is 3.15. The van der Waals surface area contributed by atoms with Crippen molar-refractivity contribution in [3.05, 3.63) is 58.9 Å². The summed E-state index contributed by atoms with van der Waals surface area (Å²) in [5.74, 6) is -0.533. The summed E-state index contributed by atoms with van der Waals surface area (Å²) >= 11 is 0. The summed E-state index contributed by atoms with van der Waals surface area (Å²) in [4.78, 5) is 15.2. The maximum Gasteiger partial charge on any atom is 0.420 e. The number of aryl methyl sites for hydroxylation is 2. The molecule has 0 unspecified atom stereocenters. The monoisotopic (exact) mass is 347 g/mol. The van der Waals surface area contributed by atoms with Gasteiger partial charge < -0.3 is 4.42 Å². The van der Waals surface area contributed by atoms with Gasteiger partial charge in [0, 0.05) is 18.8 Å². The Morgan fingerprint density at radius 1 is 1.28 bits per heavy atom. The normalized spacial score (nSPS) is 13.4. The first-order valence-corrected chi connectivity index (χ1v) is 7.62. The molecular formula is C17H12F3N3O2. The van der Waals surface area contributed by atoms with Gasteiger partial charge >= 0.3 is 6.18 Å². The minimum atomic E-state index is -4.69. The quantitative estimate of drug-likeness (QED) is 0.680. The Morgan fingerprint density at radius 3 is 2.80 bits per heavy atom. The van der Waals surface area contributed by atoms with Gasteiger partial charge in [-0.2, -0.15) is 18.3 Å². The van der Waals surface area contributed by atoms with E-state index in [0.29, 0.717) is 24.9 Å². The topological polar surface area (TPSA) is 60.9 Å². The highest BCUT2D eigenvalue weighted by Gasteiger charge is 2.43. The number of pyridine rings is 1. The number of alkyl halides is 3. The van der Waals surface area contributed by atoms with Gasteiger partial charge in [-0.1, -0.05) is 6.07 Å². The number of nitrogens with zero attached hydrogens (tertiary/aromatic N) is 3. The number of hydrogen-bond acceptors (Lipinski definition) is 4. The highest BCUT2D eigenvalue weighted by Crippen LogP contribution is 2.45. The lowest BCUT2D eigenvalue weighted by Crippen LogP contribution is -2.11. The molecule has 25 heavy (non-hydrogen) atoms. The van der Waals surface area contributed by atoms with E-state index in [0.717, 1.165) is 5.69 Å². The zero-order valence-electron chi connectivity index (χ0n) is 12.9. The summed E-state index contributed by atoms with van der Waals surface area (Å²) in [6, 6.07) is 5.43. The van der Waals surface area contributed by atoms with E-state index >= 15 is 0 Å². The van der Waals surface area contributed by atoms with Crippen LogP contribution in [0.15, 0.2) is 35.0 Å². The molecule has 0 radical (unpaired) electrons. The van der Waals surface area contributed by atoms with Gasteiger partial charge in [0.15, 0.2) is 12.0 Å². The van der Waals surface area contributed by atoms with Crippen molar-refractivity contribution >= 4 is 6.29 Å². The van der Waals surface area contributed by atoms with Crippen molar-refractivity contribution in [2.75, 3.05) is 0 Å². The number of halogens is 3. The van der Waals surface area contributed by atoms with Crippen molar-refractivity contribution in [2.24, 2.45) is 0 Å². The third-order valence-electron chi connectivity index (χ3n) is 4.14. The minimum absolute atomic E-state index is 0.103. The maximum atomic E-state index is 13.4. The second-order valence-corrected chi connectivity index (χ2v) is 5.78. The summed E-state index contributed by atoms with van der Waals surface area (Å²) in [5.41, 5.74) is 0.519. The first-order chi connectivity index (χ1) is 12.0. The molecule has 3 aromatic heterocycles. The van der Waals surface area contributed by atoms with E-state index in [1.165, 1.54) is 0 Å². The fourth-order valence-electron chi connectivity index (χ4n) is 3.13. The van der Waals surface area contributed by atoms with Crippen LogP contribution in [0.4, 0.5) is 13.2 Å². The number of rotatable bonds is 3. The molecule has 4 rings (SSSR count). The number of furan rings is 1. The van der Waals surface area contributed by atoms with Crippen LogP contribution in [0.2, 0.25) is 0 Å². The molecule has 0 spiro atoms. The van der Waals surface area contributed by atoms with Crippen molar-refractivity contribution in [3.63, 3.8) is 0 Å². The van der Waals surface area contributed by atoms with Crippen LogP contribution in [0.3, 0.4) is 0 Å². The molecule has 0 N–H and O–H groups in total. The zero-order chi connectivity index (χ0) is 17.6. The third kappa shape index (κ3) is 2.63.